The minimum absolute atomic E-state index is 0.506. The fourth-order valence-corrected chi connectivity index (χ4v) is 1.61. The molecule has 0 fully saturated rings. The van der Waals surface area contributed by atoms with Crippen LogP contribution in [-0.4, -0.2) is 37.7 Å². The summed E-state index contributed by atoms with van der Waals surface area (Å²) in [5, 5.41) is 4.25. The first-order valence-electron chi connectivity index (χ1n) is 7.11. The molecule has 0 spiro atoms. The summed E-state index contributed by atoms with van der Waals surface area (Å²) >= 11 is 0. The molecule has 1 aromatic carbocycles. The Morgan fingerprint density at radius 1 is 1.26 bits per heavy atom. The molecule has 0 bridgehead atoms. The van der Waals surface area contributed by atoms with Gasteiger partial charge in [-0.2, -0.15) is 0 Å². The number of amides is 3. The third kappa shape index (κ3) is 6.21. The van der Waals surface area contributed by atoms with E-state index < -0.39 is 24.0 Å². The number of nitrogens with one attached hydrogen (secondary N) is 2. The first kappa shape index (κ1) is 18.2. The van der Waals surface area contributed by atoms with Gasteiger partial charge in [-0.3, -0.25) is 10.1 Å². The highest BCUT2D eigenvalue weighted by Gasteiger charge is 2.18. The molecule has 0 aromatic heterocycles. The van der Waals surface area contributed by atoms with E-state index in [9.17, 15) is 14.4 Å². The normalized spacial score (nSPS) is 11.6. The van der Waals surface area contributed by atoms with Gasteiger partial charge >= 0.3 is 12.0 Å². The molecule has 3 amide bonds. The minimum Gasteiger partial charge on any atom is -0.493 e. The van der Waals surface area contributed by atoms with Crippen LogP contribution < -0.4 is 15.4 Å². The molecule has 0 radical (unpaired) electrons. The van der Waals surface area contributed by atoms with Crippen LogP contribution in [0.2, 0.25) is 0 Å². The molecule has 2 N–H and O–H groups in total. The minimum atomic E-state index is -1.09. The van der Waals surface area contributed by atoms with Gasteiger partial charge < -0.3 is 14.8 Å². The monoisotopic (exact) mass is 320 g/mol. The van der Waals surface area contributed by atoms with Crippen molar-refractivity contribution in [3.63, 3.8) is 0 Å². The summed E-state index contributed by atoms with van der Waals surface area (Å²) in [6.07, 6.45) is 1.64. The highest BCUT2D eigenvalue weighted by molar-refractivity contribution is 5.98. The molecule has 1 atom stereocenters. The Hall–Kier alpha value is -2.83. The number of para-hydroxylation sites is 1. The highest BCUT2D eigenvalue weighted by Crippen LogP contribution is 2.19. The van der Waals surface area contributed by atoms with Gasteiger partial charge in [0, 0.05) is 18.7 Å². The van der Waals surface area contributed by atoms with Gasteiger partial charge in [-0.15, -0.1) is 0 Å². The molecule has 7 heteroatoms. The number of imide groups is 1. The van der Waals surface area contributed by atoms with E-state index in [0.717, 1.165) is 0 Å². The largest absolute Gasteiger partial charge is 0.493 e. The zero-order valence-electron chi connectivity index (χ0n) is 13.3. The second-order valence-corrected chi connectivity index (χ2v) is 4.45. The van der Waals surface area contributed by atoms with Gasteiger partial charge in [0.05, 0.1) is 6.61 Å². The lowest BCUT2D eigenvalue weighted by Gasteiger charge is -2.11. The smallest absolute Gasteiger partial charge is 0.331 e. The van der Waals surface area contributed by atoms with Crippen molar-refractivity contribution in [3.05, 3.63) is 35.9 Å². The number of urea groups is 1. The van der Waals surface area contributed by atoms with Crippen LogP contribution in [0.4, 0.5) is 4.79 Å². The fourth-order valence-electron chi connectivity index (χ4n) is 1.61. The predicted octanol–water partition coefficient (Wildman–Crippen LogP) is 1.49. The van der Waals surface area contributed by atoms with Crippen LogP contribution in [0.1, 0.15) is 19.4 Å². The van der Waals surface area contributed by atoms with Gasteiger partial charge in [0.2, 0.25) is 0 Å². The van der Waals surface area contributed by atoms with Crippen LogP contribution in [-0.2, 0) is 14.3 Å². The lowest BCUT2D eigenvalue weighted by atomic mass is 10.2. The molecule has 0 saturated heterocycles. The molecule has 23 heavy (non-hydrogen) atoms. The van der Waals surface area contributed by atoms with E-state index in [-0.39, 0.29) is 0 Å². The summed E-state index contributed by atoms with van der Waals surface area (Å²) in [6.45, 7) is 3.74. The molecule has 124 valence electrons. The number of benzene rings is 1. The number of ether oxygens (including phenoxy) is 2. The molecule has 0 unspecified atom stereocenters. The lowest BCUT2D eigenvalue weighted by molar-refractivity contribution is -0.149. The van der Waals surface area contributed by atoms with E-state index in [1.807, 2.05) is 24.4 Å². The average Bonchev–Trinajstić information content (AvgIpc) is 2.54. The van der Waals surface area contributed by atoms with E-state index in [2.05, 4.69) is 5.32 Å². The Kier molecular flexibility index (Phi) is 7.32. The van der Waals surface area contributed by atoms with Crippen LogP contribution in [0, 0.1) is 0 Å². The number of carbonyl (C=O) groups excluding carboxylic acids is 3. The van der Waals surface area contributed by atoms with Gasteiger partial charge in [0.15, 0.2) is 6.10 Å². The molecule has 1 rings (SSSR count). The Balaban J connectivity index is 2.62. The molecule has 0 saturated carbocycles. The van der Waals surface area contributed by atoms with Gasteiger partial charge in [-0.25, -0.2) is 9.59 Å². The molecule has 0 heterocycles. The van der Waals surface area contributed by atoms with E-state index >= 15 is 0 Å². The van der Waals surface area contributed by atoms with Crippen molar-refractivity contribution in [1.82, 2.24) is 10.6 Å². The second kappa shape index (κ2) is 9.24. The van der Waals surface area contributed by atoms with Crippen LogP contribution in [0.25, 0.3) is 6.08 Å². The Morgan fingerprint density at radius 3 is 2.61 bits per heavy atom. The van der Waals surface area contributed by atoms with Crippen molar-refractivity contribution in [1.29, 1.82) is 0 Å². The number of hydrogen-bond acceptors (Lipinski definition) is 5. The molecule has 0 aliphatic rings. The third-order valence-electron chi connectivity index (χ3n) is 2.74. The van der Waals surface area contributed by atoms with Crippen LogP contribution in [0.3, 0.4) is 0 Å². The molecule has 0 aliphatic carbocycles. The number of hydrogen-bond donors (Lipinski definition) is 2. The summed E-state index contributed by atoms with van der Waals surface area (Å²) in [5.41, 5.74) is 0.716. The Bertz CT molecular complexity index is 598. The van der Waals surface area contributed by atoms with Crippen molar-refractivity contribution < 1.29 is 23.9 Å². The lowest BCUT2D eigenvalue weighted by Crippen LogP contribution is -2.43. The van der Waals surface area contributed by atoms with E-state index in [4.69, 9.17) is 9.47 Å². The number of rotatable bonds is 6. The zero-order chi connectivity index (χ0) is 17.2. The van der Waals surface area contributed by atoms with Gasteiger partial charge in [0.1, 0.15) is 5.75 Å². The molecule has 7 nitrogen and oxygen atoms in total. The van der Waals surface area contributed by atoms with Crippen LogP contribution >= 0.6 is 0 Å². The maximum absolute atomic E-state index is 11.7. The maximum Gasteiger partial charge on any atom is 0.331 e. The fraction of sp³-hybridized carbons (Fsp3) is 0.312. The number of esters is 1. The van der Waals surface area contributed by atoms with E-state index in [0.29, 0.717) is 17.9 Å². The summed E-state index contributed by atoms with van der Waals surface area (Å²) < 4.78 is 10.4. The van der Waals surface area contributed by atoms with E-state index in [1.54, 1.807) is 12.1 Å². The molecule has 0 aliphatic heterocycles. The number of carbonyl (C=O) groups is 3. The van der Waals surface area contributed by atoms with Crippen molar-refractivity contribution in [2.45, 2.75) is 20.0 Å². The van der Waals surface area contributed by atoms with Gasteiger partial charge in [0.25, 0.3) is 5.91 Å². The van der Waals surface area contributed by atoms with Gasteiger partial charge in [-0.05, 0) is 26.0 Å². The second-order valence-electron chi connectivity index (χ2n) is 4.45. The first-order valence-corrected chi connectivity index (χ1v) is 7.11. The zero-order valence-corrected chi connectivity index (χ0v) is 13.3. The van der Waals surface area contributed by atoms with Crippen LogP contribution in [0.5, 0.6) is 5.75 Å². The standard InChI is InChI=1S/C16H20N2O5/c1-4-22-13-8-6-5-7-12(13)9-10-14(19)23-11(2)15(20)18-16(21)17-3/h5-11H,4H2,1-3H3,(H2,17,18,20,21)/b10-9+/t11-/m0/s1. The summed E-state index contributed by atoms with van der Waals surface area (Å²) in [6, 6.07) is 6.54. The quantitative estimate of drug-likeness (QED) is 0.612. The van der Waals surface area contributed by atoms with Gasteiger partial charge in [-0.1, -0.05) is 18.2 Å². The van der Waals surface area contributed by atoms with E-state index in [1.165, 1.54) is 26.1 Å². The Morgan fingerprint density at radius 2 is 1.96 bits per heavy atom. The van der Waals surface area contributed by atoms with Crippen molar-refractivity contribution >= 4 is 24.0 Å². The third-order valence-corrected chi connectivity index (χ3v) is 2.74. The summed E-state index contributed by atoms with van der Waals surface area (Å²) in [7, 11) is 1.37. The van der Waals surface area contributed by atoms with Crippen LogP contribution in [0.15, 0.2) is 30.3 Å². The maximum atomic E-state index is 11.7. The summed E-state index contributed by atoms with van der Waals surface area (Å²) in [4.78, 5) is 34.3. The molecular formula is C16H20N2O5. The summed E-state index contributed by atoms with van der Waals surface area (Å²) in [5.74, 6) is -0.763. The SMILES string of the molecule is CCOc1ccccc1/C=C/C(=O)O[C@@H](C)C(=O)NC(=O)NC. The first-order chi connectivity index (χ1) is 11.0. The average molecular weight is 320 g/mol. The molecular weight excluding hydrogens is 300 g/mol. The predicted molar refractivity (Wildman–Crippen MR) is 84.8 cm³/mol. The molecule has 1 aromatic rings. The Labute approximate surface area is 134 Å². The van der Waals surface area contributed by atoms with Crippen molar-refractivity contribution in [2.24, 2.45) is 0 Å². The van der Waals surface area contributed by atoms with Crippen molar-refractivity contribution in [3.8, 4) is 5.75 Å². The topological polar surface area (TPSA) is 93.7 Å². The highest BCUT2D eigenvalue weighted by atomic mass is 16.5. The van der Waals surface area contributed by atoms with Crippen molar-refractivity contribution in [2.75, 3.05) is 13.7 Å².